The van der Waals surface area contributed by atoms with E-state index in [9.17, 15) is 10.1 Å². The van der Waals surface area contributed by atoms with Gasteiger partial charge in [-0.1, -0.05) is 6.07 Å². The summed E-state index contributed by atoms with van der Waals surface area (Å²) in [7, 11) is 1.56. The third kappa shape index (κ3) is 3.44. The number of rotatable bonds is 5. The first-order valence-electron chi connectivity index (χ1n) is 6.21. The molecule has 0 atom stereocenters. The van der Waals surface area contributed by atoms with Gasteiger partial charge in [-0.3, -0.25) is 10.1 Å². The maximum absolute atomic E-state index is 10.8. The van der Waals surface area contributed by atoms with Gasteiger partial charge in [0.1, 0.15) is 5.75 Å². The quantitative estimate of drug-likeness (QED) is 0.465. The Kier molecular flexibility index (Phi) is 4.65. The molecule has 0 aliphatic heterocycles. The molecule has 110 valence electrons. The molecule has 0 radical (unpaired) electrons. The van der Waals surface area contributed by atoms with E-state index in [-0.39, 0.29) is 11.6 Å². The van der Waals surface area contributed by atoms with Gasteiger partial charge in [-0.25, -0.2) is 0 Å². The number of methoxy groups -OCH3 is 1. The third-order valence-corrected chi connectivity index (χ3v) is 3.23. The standard InChI is InChI=1S/C15H14ClNO4/c1-10-3-5-14(15(7-10)20-2)21-13-6-4-12(17(18)19)8-11(13)9-16/h3-8H,9H2,1-2H3. The number of aryl methyl sites for hydroxylation is 1. The molecule has 0 saturated heterocycles. The van der Waals surface area contributed by atoms with Crippen molar-refractivity contribution < 1.29 is 14.4 Å². The van der Waals surface area contributed by atoms with E-state index in [0.717, 1.165) is 5.56 Å². The van der Waals surface area contributed by atoms with Gasteiger partial charge in [0.2, 0.25) is 0 Å². The Labute approximate surface area is 127 Å². The van der Waals surface area contributed by atoms with Crippen LogP contribution in [0.4, 0.5) is 5.69 Å². The fourth-order valence-electron chi connectivity index (χ4n) is 1.86. The highest BCUT2D eigenvalue weighted by Crippen LogP contribution is 2.35. The second-order valence-electron chi connectivity index (χ2n) is 4.44. The normalized spacial score (nSPS) is 10.2. The van der Waals surface area contributed by atoms with Crippen molar-refractivity contribution in [3.8, 4) is 17.2 Å². The molecular weight excluding hydrogens is 294 g/mol. The number of nitro groups is 1. The minimum atomic E-state index is -0.466. The Bertz CT molecular complexity index is 673. The van der Waals surface area contributed by atoms with Crippen molar-refractivity contribution in [2.24, 2.45) is 0 Å². The number of halogens is 1. The molecule has 0 N–H and O–H groups in total. The lowest BCUT2D eigenvalue weighted by atomic mass is 10.2. The van der Waals surface area contributed by atoms with Gasteiger partial charge in [0, 0.05) is 17.7 Å². The molecule has 2 rings (SSSR count). The summed E-state index contributed by atoms with van der Waals surface area (Å²) in [5.74, 6) is 1.71. The molecule has 5 nitrogen and oxygen atoms in total. The third-order valence-electron chi connectivity index (χ3n) is 2.94. The van der Waals surface area contributed by atoms with E-state index in [1.54, 1.807) is 13.2 Å². The van der Waals surface area contributed by atoms with Crippen LogP contribution in [0.15, 0.2) is 36.4 Å². The molecule has 0 heterocycles. The van der Waals surface area contributed by atoms with E-state index < -0.39 is 4.92 Å². The average Bonchev–Trinajstić information content (AvgIpc) is 2.49. The summed E-state index contributed by atoms with van der Waals surface area (Å²) in [5.41, 5.74) is 1.57. The number of non-ortho nitro benzene ring substituents is 1. The topological polar surface area (TPSA) is 61.6 Å². The SMILES string of the molecule is COc1cc(C)ccc1Oc1ccc([N+](=O)[O-])cc1CCl. The maximum Gasteiger partial charge on any atom is 0.270 e. The van der Waals surface area contributed by atoms with Crippen molar-refractivity contribution in [1.82, 2.24) is 0 Å². The molecule has 0 amide bonds. The van der Waals surface area contributed by atoms with Crippen molar-refractivity contribution in [3.05, 3.63) is 57.6 Å². The van der Waals surface area contributed by atoms with E-state index in [4.69, 9.17) is 21.1 Å². The lowest BCUT2D eigenvalue weighted by Crippen LogP contribution is -1.95. The first-order valence-corrected chi connectivity index (χ1v) is 6.74. The van der Waals surface area contributed by atoms with Crippen molar-refractivity contribution in [1.29, 1.82) is 0 Å². The minimum Gasteiger partial charge on any atom is -0.493 e. The molecule has 0 bridgehead atoms. The number of hydrogen-bond donors (Lipinski definition) is 0. The smallest absolute Gasteiger partial charge is 0.270 e. The predicted molar refractivity (Wildman–Crippen MR) is 80.5 cm³/mol. The Hall–Kier alpha value is -2.27. The van der Waals surface area contributed by atoms with Crippen LogP contribution >= 0.6 is 11.6 Å². The van der Waals surface area contributed by atoms with Gasteiger partial charge in [0.05, 0.1) is 17.9 Å². The molecule has 0 saturated carbocycles. The Morgan fingerprint density at radius 2 is 1.86 bits per heavy atom. The molecule has 2 aromatic rings. The van der Waals surface area contributed by atoms with Crippen molar-refractivity contribution in [3.63, 3.8) is 0 Å². The summed E-state index contributed by atoms with van der Waals surface area (Å²) >= 11 is 5.84. The Balaban J connectivity index is 2.37. The molecular formula is C15H14ClNO4. The minimum absolute atomic E-state index is 0.0196. The molecule has 2 aromatic carbocycles. The van der Waals surface area contributed by atoms with Gasteiger partial charge >= 0.3 is 0 Å². The maximum atomic E-state index is 10.8. The van der Waals surface area contributed by atoms with Crippen molar-refractivity contribution in [2.45, 2.75) is 12.8 Å². The second kappa shape index (κ2) is 6.45. The predicted octanol–water partition coefficient (Wildman–Crippen LogP) is 4.44. The van der Waals surface area contributed by atoms with Crippen LogP contribution in [0.2, 0.25) is 0 Å². The first-order chi connectivity index (χ1) is 10.0. The fraction of sp³-hybridized carbons (Fsp3) is 0.200. The summed E-state index contributed by atoms with van der Waals surface area (Å²) < 4.78 is 11.0. The van der Waals surface area contributed by atoms with E-state index in [2.05, 4.69) is 0 Å². The van der Waals surface area contributed by atoms with Crippen LogP contribution in [-0.4, -0.2) is 12.0 Å². The van der Waals surface area contributed by atoms with Crippen molar-refractivity contribution >= 4 is 17.3 Å². The van der Waals surface area contributed by atoms with Crippen LogP contribution in [0, 0.1) is 17.0 Å². The van der Waals surface area contributed by atoms with Gasteiger partial charge < -0.3 is 9.47 Å². The Morgan fingerprint density at radius 1 is 1.14 bits per heavy atom. The zero-order valence-corrected chi connectivity index (χ0v) is 12.4. The highest BCUT2D eigenvalue weighted by Gasteiger charge is 2.13. The molecule has 0 spiro atoms. The van der Waals surface area contributed by atoms with Crippen molar-refractivity contribution in [2.75, 3.05) is 7.11 Å². The summed E-state index contributed by atoms with van der Waals surface area (Å²) in [4.78, 5) is 10.3. The fourth-order valence-corrected chi connectivity index (χ4v) is 2.07. The van der Waals surface area contributed by atoms with Gasteiger partial charge in [0.25, 0.3) is 5.69 Å². The monoisotopic (exact) mass is 307 g/mol. The van der Waals surface area contributed by atoms with Crippen LogP contribution in [0.1, 0.15) is 11.1 Å². The van der Waals surface area contributed by atoms with Crippen LogP contribution in [0.3, 0.4) is 0 Å². The number of hydrogen-bond acceptors (Lipinski definition) is 4. The molecule has 0 aliphatic carbocycles. The molecule has 0 fully saturated rings. The van der Waals surface area contributed by atoms with E-state index in [1.165, 1.54) is 18.2 Å². The Morgan fingerprint density at radius 3 is 2.48 bits per heavy atom. The highest BCUT2D eigenvalue weighted by atomic mass is 35.5. The molecule has 6 heteroatoms. The summed E-state index contributed by atoms with van der Waals surface area (Å²) in [6, 6.07) is 9.85. The molecule has 0 aromatic heterocycles. The summed E-state index contributed by atoms with van der Waals surface area (Å²) in [6.07, 6.45) is 0. The van der Waals surface area contributed by atoms with E-state index >= 15 is 0 Å². The summed E-state index contributed by atoms with van der Waals surface area (Å²) in [5, 5.41) is 10.8. The van der Waals surface area contributed by atoms with E-state index in [0.29, 0.717) is 22.8 Å². The molecule has 21 heavy (non-hydrogen) atoms. The second-order valence-corrected chi connectivity index (χ2v) is 4.71. The molecule has 0 unspecified atom stereocenters. The van der Waals surface area contributed by atoms with Gasteiger partial charge in [-0.2, -0.15) is 0 Å². The summed E-state index contributed by atoms with van der Waals surface area (Å²) in [6.45, 7) is 1.95. The van der Waals surface area contributed by atoms with Crippen LogP contribution in [0.5, 0.6) is 17.2 Å². The number of benzene rings is 2. The average molecular weight is 308 g/mol. The van der Waals surface area contributed by atoms with Gasteiger partial charge in [-0.15, -0.1) is 11.6 Å². The van der Waals surface area contributed by atoms with E-state index in [1.807, 2.05) is 19.1 Å². The lowest BCUT2D eigenvalue weighted by molar-refractivity contribution is -0.384. The van der Waals surface area contributed by atoms with Crippen LogP contribution in [-0.2, 0) is 5.88 Å². The van der Waals surface area contributed by atoms with Crippen LogP contribution < -0.4 is 9.47 Å². The zero-order valence-electron chi connectivity index (χ0n) is 11.6. The highest BCUT2D eigenvalue weighted by molar-refractivity contribution is 6.17. The number of nitrogens with zero attached hydrogens (tertiary/aromatic N) is 1. The zero-order chi connectivity index (χ0) is 15.4. The lowest BCUT2D eigenvalue weighted by Gasteiger charge is -2.13. The molecule has 0 aliphatic rings. The largest absolute Gasteiger partial charge is 0.493 e. The van der Waals surface area contributed by atoms with Gasteiger partial charge in [-0.05, 0) is 30.7 Å². The number of alkyl halides is 1. The number of ether oxygens (including phenoxy) is 2. The number of nitro benzene ring substituents is 1. The first kappa shape index (κ1) is 15.1. The van der Waals surface area contributed by atoms with Crippen LogP contribution in [0.25, 0.3) is 0 Å². The van der Waals surface area contributed by atoms with Gasteiger partial charge in [0.15, 0.2) is 11.5 Å².